The molecule has 0 fully saturated rings. The molecule has 5 heteroatoms. The van der Waals surface area contributed by atoms with Gasteiger partial charge >= 0.3 is 5.97 Å². The van der Waals surface area contributed by atoms with E-state index in [0.29, 0.717) is 24.8 Å². The quantitative estimate of drug-likeness (QED) is 0.814. The van der Waals surface area contributed by atoms with Crippen LogP contribution in [-0.4, -0.2) is 36.4 Å². The van der Waals surface area contributed by atoms with Crippen LogP contribution in [0.15, 0.2) is 12.1 Å². The Morgan fingerprint density at radius 3 is 2.50 bits per heavy atom. The van der Waals surface area contributed by atoms with Crippen molar-refractivity contribution in [3.05, 3.63) is 23.4 Å². The highest BCUT2D eigenvalue weighted by atomic mass is 16.5. The molecule has 0 spiro atoms. The second-order valence-electron chi connectivity index (χ2n) is 4.98. The number of ether oxygens (including phenoxy) is 2. The maximum absolute atomic E-state index is 11.1. The van der Waals surface area contributed by atoms with Gasteiger partial charge in [-0.3, -0.25) is 0 Å². The van der Waals surface area contributed by atoms with Crippen molar-refractivity contribution in [3.8, 4) is 5.88 Å². The van der Waals surface area contributed by atoms with Crippen LogP contribution in [0.5, 0.6) is 5.88 Å². The van der Waals surface area contributed by atoms with Crippen LogP contribution < -0.4 is 4.74 Å². The minimum Gasteiger partial charge on any atom is -0.478 e. The third-order valence-corrected chi connectivity index (χ3v) is 2.35. The van der Waals surface area contributed by atoms with E-state index in [4.69, 9.17) is 14.6 Å². The summed E-state index contributed by atoms with van der Waals surface area (Å²) in [7, 11) is 1.57. The van der Waals surface area contributed by atoms with Gasteiger partial charge < -0.3 is 14.6 Å². The van der Waals surface area contributed by atoms with Crippen LogP contribution in [0.1, 0.15) is 36.8 Å². The first-order valence-corrected chi connectivity index (χ1v) is 5.72. The Morgan fingerprint density at radius 2 is 2.00 bits per heavy atom. The topological polar surface area (TPSA) is 68.7 Å². The first-order chi connectivity index (χ1) is 8.34. The minimum atomic E-state index is -0.987. The lowest BCUT2D eigenvalue weighted by molar-refractivity contribution is 0.0695. The van der Waals surface area contributed by atoms with E-state index in [1.165, 1.54) is 6.07 Å². The molecular formula is C13H19NO4. The van der Waals surface area contributed by atoms with Crippen molar-refractivity contribution in [1.82, 2.24) is 4.98 Å². The molecular weight excluding hydrogens is 234 g/mol. The van der Waals surface area contributed by atoms with Gasteiger partial charge in [-0.05, 0) is 6.07 Å². The number of methoxy groups -OCH3 is 1. The van der Waals surface area contributed by atoms with Crippen LogP contribution in [0.4, 0.5) is 0 Å². The summed E-state index contributed by atoms with van der Waals surface area (Å²) in [5.74, 6) is -0.670. The number of hydrogen-bond acceptors (Lipinski definition) is 4. The number of carbonyl (C=O) groups is 1. The molecule has 0 atom stereocenters. The SMILES string of the molecule is COCCOc1cc(C(=O)O)cc(C(C)(C)C)n1. The van der Waals surface area contributed by atoms with E-state index >= 15 is 0 Å². The van der Waals surface area contributed by atoms with Crippen molar-refractivity contribution in [2.75, 3.05) is 20.3 Å². The third kappa shape index (κ3) is 4.00. The normalized spacial score (nSPS) is 11.3. The Kier molecular flexibility index (Phi) is 4.67. The fourth-order valence-electron chi connectivity index (χ4n) is 1.32. The molecule has 0 radical (unpaired) electrons. The molecule has 0 aliphatic heterocycles. The molecule has 1 N–H and O–H groups in total. The lowest BCUT2D eigenvalue weighted by Crippen LogP contribution is -2.16. The lowest BCUT2D eigenvalue weighted by Gasteiger charge is -2.19. The Balaban J connectivity index is 3.03. The number of rotatable bonds is 5. The zero-order valence-electron chi connectivity index (χ0n) is 11.2. The summed E-state index contributed by atoms with van der Waals surface area (Å²) in [6.07, 6.45) is 0. The maximum atomic E-state index is 11.1. The third-order valence-electron chi connectivity index (χ3n) is 2.35. The van der Waals surface area contributed by atoms with E-state index in [0.717, 1.165) is 0 Å². The van der Waals surface area contributed by atoms with Crippen molar-refractivity contribution in [3.63, 3.8) is 0 Å². The second-order valence-corrected chi connectivity index (χ2v) is 4.98. The smallest absolute Gasteiger partial charge is 0.335 e. The second kappa shape index (κ2) is 5.82. The molecule has 0 amide bonds. The Morgan fingerprint density at radius 1 is 1.33 bits per heavy atom. The molecule has 18 heavy (non-hydrogen) atoms. The summed E-state index contributed by atoms with van der Waals surface area (Å²) in [5.41, 5.74) is 0.641. The first kappa shape index (κ1) is 14.4. The number of aromatic nitrogens is 1. The molecule has 1 rings (SSSR count). The predicted octanol–water partition coefficient (Wildman–Crippen LogP) is 2.10. The van der Waals surface area contributed by atoms with Crippen LogP contribution in [0, 0.1) is 0 Å². The number of hydrogen-bond donors (Lipinski definition) is 1. The van der Waals surface area contributed by atoms with Gasteiger partial charge in [0.25, 0.3) is 0 Å². The molecule has 1 aromatic heterocycles. The van der Waals surface area contributed by atoms with Crippen molar-refractivity contribution in [2.24, 2.45) is 0 Å². The highest BCUT2D eigenvalue weighted by molar-refractivity contribution is 5.88. The molecule has 0 aliphatic rings. The molecule has 1 aromatic rings. The van der Waals surface area contributed by atoms with Crippen LogP contribution >= 0.6 is 0 Å². The van der Waals surface area contributed by atoms with Crippen molar-refractivity contribution >= 4 is 5.97 Å². The summed E-state index contributed by atoms with van der Waals surface area (Å²) in [6.45, 7) is 6.69. The van der Waals surface area contributed by atoms with Gasteiger partial charge in [-0.1, -0.05) is 20.8 Å². The van der Waals surface area contributed by atoms with E-state index in [1.807, 2.05) is 20.8 Å². The van der Waals surface area contributed by atoms with Crippen LogP contribution in [0.3, 0.4) is 0 Å². The number of carboxylic acid groups (broad SMARTS) is 1. The number of aromatic carboxylic acids is 1. The predicted molar refractivity (Wildman–Crippen MR) is 67.3 cm³/mol. The maximum Gasteiger partial charge on any atom is 0.335 e. The van der Waals surface area contributed by atoms with Gasteiger partial charge in [-0.25, -0.2) is 9.78 Å². The fourth-order valence-corrected chi connectivity index (χ4v) is 1.32. The average molecular weight is 253 g/mol. The van der Waals surface area contributed by atoms with Crippen LogP contribution in [0.25, 0.3) is 0 Å². The van der Waals surface area contributed by atoms with Crippen molar-refractivity contribution < 1.29 is 19.4 Å². The molecule has 5 nitrogen and oxygen atoms in total. The van der Waals surface area contributed by atoms with Crippen molar-refractivity contribution in [2.45, 2.75) is 26.2 Å². The number of nitrogens with zero attached hydrogens (tertiary/aromatic N) is 1. The summed E-state index contributed by atoms with van der Waals surface area (Å²) >= 11 is 0. The van der Waals surface area contributed by atoms with E-state index in [9.17, 15) is 4.79 Å². The van der Waals surface area contributed by atoms with E-state index in [-0.39, 0.29) is 11.0 Å². The average Bonchev–Trinajstić information content (AvgIpc) is 2.28. The summed E-state index contributed by atoms with van der Waals surface area (Å²) in [6, 6.07) is 3.00. The molecule has 1 heterocycles. The van der Waals surface area contributed by atoms with Gasteiger partial charge in [-0.2, -0.15) is 0 Å². The molecule has 0 saturated heterocycles. The molecule has 0 aliphatic carbocycles. The number of carboxylic acids is 1. The van der Waals surface area contributed by atoms with Crippen molar-refractivity contribution in [1.29, 1.82) is 0 Å². The molecule has 0 aromatic carbocycles. The van der Waals surface area contributed by atoms with Gasteiger partial charge in [0.1, 0.15) is 6.61 Å². The van der Waals surface area contributed by atoms with Gasteiger partial charge in [0.15, 0.2) is 0 Å². The highest BCUT2D eigenvalue weighted by Crippen LogP contribution is 2.24. The van der Waals surface area contributed by atoms with E-state index < -0.39 is 5.97 Å². The van der Waals surface area contributed by atoms with E-state index in [1.54, 1.807) is 13.2 Å². The first-order valence-electron chi connectivity index (χ1n) is 5.72. The standard InChI is InChI=1S/C13H19NO4/c1-13(2,3)10-7-9(12(15)16)8-11(14-10)18-6-5-17-4/h7-8H,5-6H2,1-4H3,(H,15,16). The molecule has 0 bridgehead atoms. The number of pyridine rings is 1. The van der Waals surface area contributed by atoms with Gasteiger partial charge in [-0.15, -0.1) is 0 Å². The molecule has 100 valence electrons. The van der Waals surface area contributed by atoms with Gasteiger partial charge in [0.05, 0.1) is 17.9 Å². The van der Waals surface area contributed by atoms with E-state index in [2.05, 4.69) is 4.98 Å². The fraction of sp³-hybridized carbons (Fsp3) is 0.538. The molecule has 0 saturated carbocycles. The van der Waals surface area contributed by atoms with Crippen LogP contribution in [0.2, 0.25) is 0 Å². The Bertz CT molecular complexity index is 423. The summed E-state index contributed by atoms with van der Waals surface area (Å²) < 4.78 is 10.2. The molecule has 0 unspecified atom stereocenters. The Labute approximate surface area is 107 Å². The summed E-state index contributed by atoms with van der Waals surface area (Å²) in [4.78, 5) is 15.4. The van der Waals surface area contributed by atoms with Gasteiger partial charge in [0.2, 0.25) is 5.88 Å². The zero-order valence-corrected chi connectivity index (χ0v) is 11.2. The highest BCUT2D eigenvalue weighted by Gasteiger charge is 2.19. The Hall–Kier alpha value is -1.62. The monoisotopic (exact) mass is 253 g/mol. The minimum absolute atomic E-state index is 0.183. The zero-order chi connectivity index (χ0) is 13.8. The van der Waals surface area contributed by atoms with Crippen LogP contribution in [-0.2, 0) is 10.2 Å². The largest absolute Gasteiger partial charge is 0.478 e. The lowest BCUT2D eigenvalue weighted by atomic mass is 9.91. The van der Waals surface area contributed by atoms with Gasteiger partial charge in [0, 0.05) is 18.6 Å². The summed E-state index contributed by atoms with van der Waals surface area (Å²) in [5, 5.41) is 9.06.